The molecule has 1 aliphatic heterocycles. The molecule has 0 saturated heterocycles. The zero-order valence-electron chi connectivity index (χ0n) is 34.9. The average molecular weight is 1020 g/mol. The Morgan fingerprint density at radius 3 is 1.34 bits per heavy atom. The minimum atomic E-state index is 0. The van der Waals surface area contributed by atoms with Crippen LogP contribution in [-0.2, 0) is 22.4 Å². The molecule has 7 heteroatoms. The van der Waals surface area contributed by atoms with Gasteiger partial charge in [-0.05, 0) is 51.2 Å². The number of fused-ring (bicyclic) bond motifs is 3. The number of nitriles is 1. The molecular formula is C58H38AuN6-2. The molecule has 0 unspecified atom stereocenters. The third-order valence-corrected chi connectivity index (χ3v) is 11.3. The Balaban J connectivity index is 0.000000248. The number of benzene rings is 9. The molecule has 0 bridgehead atoms. The second kappa shape index (κ2) is 19.0. The molecule has 2 heterocycles. The van der Waals surface area contributed by atoms with E-state index in [2.05, 4.69) is 221 Å². The van der Waals surface area contributed by atoms with Crippen molar-refractivity contribution in [2.24, 2.45) is 5.10 Å². The second-order valence-electron chi connectivity index (χ2n) is 15.3. The predicted molar refractivity (Wildman–Crippen MR) is 263 cm³/mol. The fraction of sp³-hybridized carbons (Fsp3) is 0. The Morgan fingerprint density at radius 2 is 0.892 bits per heavy atom. The maximum absolute atomic E-state index is 8.89. The number of hydrogen-bond donors (Lipinski definition) is 0. The van der Waals surface area contributed by atoms with Gasteiger partial charge < -0.3 is 14.9 Å². The summed E-state index contributed by atoms with van der Waals surface area (Å²) in [7, 11) is 0. The van der Waals surface area contributed by atoms with Crippen molar-refractivity contribution in [2.45, 2.75) is 0 Å². The Labute approximate surface area is 394 Å². The van der Waals surface area contributed by atoms with Gasteiger partial charge in [-0.3, -0.25) is 0 Å². The van der Waals surface area contributed by atoms with Crippen molar-refractivity contribution in [3.05, 3.63) is 254 Å². The number of hydrazone groups is 1. The van der Waals surface area contributed by atoms with Crippen molar-refractivity contribution in [2.75, 3.05) is 9.91 Å². The van der Waals surface area contributed by atoms with Crippen LogP contribution in [0, 0.1) is 24.6 Å². The van der Waals surface area contributed by atoms with Crippen molar-refractivity contribution in [3.63, 3.8) is 0 Å². The largest absolute Gasteiger partial charge is 0.657 e. The SMILES string of the molecule is [Au].[C-]#[N+]c1ccc2[n-]c3ccc(C#N)cc3c2c1.c1ccc(C2=NN(c3c(-c4ccccc4)cccc3-c3ccccc3)[CH-]N2c2c(-c3ccccc3)cccc2-c2ccccc2)cc1. The Bertz CT molecular complexity index is 3190. The van der Waals surface area contributed by atoms with E-state index in [1.807, 2.05) is 24.3 Å². The number of aromatic nitrogens is 1. The fourth-order valence-corrected chi connectivity index (χ4v) is 8.35. The van der Waals surface area contributed by atoms with E-state index in [9.17, 15) is 0 Å². The molecule has 1 radical (unpaired) electrons. The topological polar surface area (TPSA) is 61.1 Å². The molecule has 0 saturated carbocycles. The maximum atomic E-state index is 8.89. The van der Waals surface area contributed by atoms with Crippen LogP contribution in [0.3, 0.4) is 0 Å². The maximum Gasteiger partial charge on any atom is 0.187 e. The molecule has 6 nitrogen and oxygen atoms in total. The summed E-state index contributed by atoms with van der Waals surface area (Å²) >= 11 is 0. The van der Waals surface area contributed by atoms with E-state index < -0.39 is 0 Å². The third-order valence-electron chi connectivity index (χ3n) is 11.3. The number of nitrogens with zero attached hydrogens (tertiary/aromatic N) is 6. The summed E-state index contributed by atoms with van der Waals surface area (Å²) in [5.41, 5.74) is 15.1. The van der Waals surface area contributed by atoms with E-state index in [0.29, 0.717) is 11.3 Å². The Morgan fingerprint density at radius 1 is 0.477 bits per heavy atom. The molecule has 0 N–H and O–H groups in total. The summed E-state index contributed by atoms with van der Waals surface area (Å²) in [6.07, 6.45) is 0. The molecular weight excluding hydrogens is 978 g/mol. The normalized spacial score (nSPS) is 11.8. The molecule has 0 amide bonds. The van der Waals surface area contributed by atoms with Gasteiger partial charge >= 0.3 is 0 Å². The van der Waals surface area contributed by atoms with Crippen LogP contribution < -0.4 is 14.9 Å². The number of rotatable bonds is 7. The van der Waals surface area contributed by atoms with Gasteiger partial charge in [-0.1, -0.05) is 206 Å². The number of anilines is 2. The molecule has 0 fully saturated rings. The molecule has 313 valence electrons. The quantitative estimate of drug-likeness (QED) is 0.118. The number of hydrogen-bond acceptors (Lipinski definition) is 4. The van der Waals surface area contributed by atoms with Gasteiger partial charge in [0, 0.05) is 61.6 Å². The van der Waals surface area contributed by atoms with Crippen LogP contribution in [-0.4, -0.2) is 5.84 Å². The summed E-state index contributed by atoms with van der Waals surface area (Å²) in [5, 5.41) is 18.3. The van der Waals surface area contributed by atoms with Crippen LogP contribution in [0.25, 0.3) is 71.2 Å². The van der Waals surface area contributed by atoms with Crippen LogP contribution in [0.5, 0.6) is 0 Å². The minimum absolute atomic E-state index is 0. The monoisotopic (exact) mass is 1020 g/mol. The van der Waals surface area contributed by atoms with Crippen molar-refractivity contribution < 1.29 is 22.4 Å². The van der Waals surface area contributed by atoms with Crippen molar-refractivity contribution in [3.8, 4) is 50.6 Å². The van der Waals surface area contributed by atoms with Crippen LogP contribution in [0.1, 0.15) is 11.1 Å². The zero-order valence-corrected chi connectivity index (χ0v) is 37.1. The van der Waals surface area contributed by atoms with E-state index in [1.54, 1.807) is 12.1 Å². The zero-order chi connectivity index (χ0) is 43.2. The smallest absolute Gasteiger partial charge is 0.187 e. The first-order valence-electron chi connectivity index (χ1n) is 21.0. The van der Waals surface area contributed by atoms with E-state index >= 15 is 0 Å². The number of para-hydroxylation sites is 2. The minimum Gasteiger partial charge on any atom is -0.657 e. The Kier molecular flexibility index (Phi) is 12.3. The van der Waals surface area contributed by atoms with Gasteiger partial charge in [-0.2, -0.15) is 10.4 Å². The van der Waals surface area contributed by atoms with Crippen LogP contribution in [0.4, 0.5) is 17.1 Å². The molecule has 65 heavy (non-hydrogen) atoms. The molecule has 0 atom stereocenters. The molecule has 11 rings (SSSR count). The molecule has 1 aromatic heterocycles. The average Bonchev–Trinajstić information content (AvgIpc) is 3.99. The van der Waals surface area contributed by atoms with E-state index in [-0.39, 0.29) is 22.4 Å². The molecule has 1 aliphatic rings. The van der Waals surface area contributed by atoms with E-state index in [1.165, 1.54) is 0 Å². The summed E-state index contributed by atoms with van der Waals surface area (Å²) < 4.78 is 0. The van der Waals surface area contributed by atoms with Crippen molar-refractivity contribution >= 4 is 44.7 Å². The predicted octanol–water partition coefficient (Wildman–Crippen LogP) is 14.5. The fourth-order valence-electron chi connectivity index (χ4n) is 8.35. The molecule has 10 aromatic rings. The summed E-state index contributed by atoms with van der Waals surface area (Å²) in [6, 6.07) is 78.9. The third kappa shape index (κ3) is 8.50. The summed E-state index contributed by atoms with van der Waals surface area (Å²) in [5.74, 6) is 0.855. The first-order valence-corrected chi connectivity index (χ1v) is 21.0. The van der Waals surface area contributed by atoms with Gasteiger partial charge in [0.2, 0.25) is 0 Å². The first kappa shape index (κ1) is 42.1. The van der Waals surface area contributed by atoms with Crippen LogP contribution >= 0.6 is 0 Å². The Hall–Kier alpha value is -8.23. The van der Waals surface area contributed by atoms with Gasteiger partial charge in [0.1, 0.15) is 5.84 Å². The van der Waals surface area contributed by atoms with Crippen molar-refractivity contribution in [1.82, 2.24) is 4.98 Å². The molecule has 0 spiro atoms. The first-order chi connectivity index (χ1) is 31.7. The van der Waals surface area contributed by atoms with Gasteiger partial charge in [0.15, 0.2) is 5.69 Å². The number of amidine groups is 1. The summed E-state index contributed by atoms with van der Waals surface area (Å²) in [4.78, 5) is 10.1. The van der Waals surface area contributed by atoms with Crippen LogP contribution in [0.2, 0.25) is 0 Å². The van der Waals surface area contributed by atoms with Gasteiger partial charge in [0.05, 0.1) is 18.2 Å². The van der Waals surface area contributed by atoms with Gasteiger partial charge in [-0.15, -0.1) is 17.7 Å². The van der Waals surface area contributed by atoms with Crippen molar-refractivity contribution in [1.29, 1.82) is 5.26 Å². The second-order valence-corrected chi connectivity index (χ2v) is 15.3. The molecule has 9 aromatic carbocycles. The van der Waals surface area contributed by atoms with E-state index in [4.69, 9.17) is 16.9 Å². The standard InChI is InChI=1S/C44H32N3.C14H6N3.Au/c1-6-18-33(19-7-1)38-28-16-29-39(34-20-8-2-9-21-34)42(38)46-32-47(45-44(46)37-26-14-5-15-27-37)43-40(35-22-10-3-11-23-35)30-17-31-41(43)36-24-12-4-13-25-36;1-16-10-3-5-14-12(7-10)11-6-9(8-15)2-4-13(11)17-14;/h1-32H;2-7H;/q2*-1;. The summed E-state index contributed by atoms with van der Waals surface area (Å²) in [6.45, 7) is 9.17. The molecule has 0 aliphatic carbocycles. The van der Waals surface area contributed by atoms with Gasteiger partial charge in [-0.25, -0.2) is 4.85 Å². The van der Waals surface area contributed by atoms with E-state index in [0.717, 1.165) is 89.1 Å². The van der Waals surface area contributed by atoms with Crippen LogP contribution in [0.15, 0.2) is 230 Å². The van der Waals surface area contributed by atoms with Gasteiger partial charge in [0.25, 0.3) is 0 Å².